The van der Waals surface area contributed by atoms with Gasteiger partial charge < -0.3 is 10.5 Å². The molecule has 0 amide bonds. The van der Waals surface area contributed by atoms with Crippen molar-refractivity contribution >= 4 is 27.0 Å². The summed E-state index contributed by atoms with van der Waals surface area (Å²) in [7, 11) is -3.27. The van der Waals surface area contributed by atoms with Gasteiger partial charge in [-0.05, 0) is 24.5 Å². The van der Waals surface area contributed by atoms with Crippen molar-refractivity contribution in [3.8, 4) is 0 Å². The van der Waals surface area contributed by atoms with Crippen LogP contribution in [0.4, 0.5) is 0 Å². The first-order valence-corrected chi connectivity index (χ1v) is 9.80. The van der Waals surface area contributed by atoms with E-state index in [1.807, 2.05) is 31.2 Å². The molecule has 4 nitrogen and oxygen atoms in total. The number of ether oxygens (including phenoxy) is 1. The Morgan fingerprint density at radius 1 is 1.32 bits per heavy atom. The van der Waals surface area contributed by atoms with Crippen LogP contribution in [0.5, 0.6) is 0 Å². The lowest BCUT2D eigenvalue weighted by atomic mass is 9.98. The van der Waals surface area contributed by atoms with Crippen LogP contribution in [0.15, 0.2) is 24.3 Å². The van der Waals surface area contributed by atoms with Crippen LogP contribution in [0.2, 0.25) is 0 Å². The van der Waals surface area contributed by atoms with Crippen LogP contribution in [0, 0.1) is 5.41 Å². The molecule has 0 bridgehead atoms. The summed E-state index contributed by atoms with van der Waals surface area (Å²) in [5, 5.41) is -0.600. The molecule has 2 rings (SSSR count). The van der Waals surface area contributed by atoms with Crippen molar-refractivity contribution in [2.45, 2.75) is 31.4 Å². The predicted octanol–water partition coefficient (Wildman–Crippen LogP) is 2.07. The summed E-state index contributed by atoms with van der Waals surface area (Å²) < 4.78 is 29.9. The van der Waals surface area contributed by atoms with E-state index in [0.717, 1.165) is 12.0 Å². The molecule has 0 heterocycles. The zero-order valence-corrected chi connectivity index (χ0v) is 14.8. The van der Waals surface area contributed by atoms with Gasteiger partial charge >= 0.3 is 0 Å². The van der Waals surface area contributed by atoms with Crippen LogP contribution in [0.25, 0.3) is 0 Å². The van der Waals surface area contributed by atoms with E-state index in [4.69, 9.17) is 22.7 Å². The zero-order chi connectivity index (χ0) is 16.5. The van der Waals surface area contributed by atoms with E-state index in [-0.39, 0.29) is 17.5 Å². The van der Waals surface area contributed by atoms with Gasteiger partial charge in [-0.25, -0.2) is 8.42 Å². The third-order valence-electron chi connectivity index (χ3n) is 4.47. The molecule has 22 heavy (non-hydrogen) atoms. The van der Waals surface area contributed by atoms with Gasteiger partial charge in [0.15, 0.2) is 9.84 Å². The molecule has 0 saturated heterocycles. The third kappa shape index (κ3) is 2.92. The van der Waals surface area contributed by atoms with Crippen molar-refractivity contribution in [1.82, 2.24) is 0 Å². The average molecular weight is 341 g/mol. The van der Waals surface area contributed by atoms with Crippen molar-refractivity contribution < 1.29 is 13.2 Å². The summed E-state index contributed by atoms with van der Waals surface area (Å²) in [6.45, 7) is 4.70. The van der Waals surface area contributed by atoms with Crippen LogP contribution < -0.4 is 5.73 Å². The molecule has 3 atom stereocenters. The maximum absolute atomic E-state index is 12.2. The topological polar surface area (TPSA) is 69.4 Å². The molecule has 1 aliphatic carbocycles. The lowest BCUT2D eigenvalue weighted by Crippen LogP contribution is -2.33. The summed E-state index contributed by atoms with van der Waals surface area (Å²) in [5.74, 6) is -0.225. The smallest absolute Gasteiger partial charge is 0.152 e. The van der Waals surface area contributed by atoms with Crippen molar-refractivity contribution in [1.29, 1.82) is 0 Å². The van der Waals surface area contributed by atoms with Crippen LogP contribution in [-0.4, -0.2) is 38.1 Å². The maximum atomic E-state index is 12.2. The molecule has 1 aromatic carbocycles. The molecule has 0 spiro atoms. The summed E-state index contributed by atoms with van der Waals surface area (Å²) in [4.78, 5) is 0.223. The number of sulfone groups is 1. The molecule has 1 fully saturated rings. The molecule has 6 heteroatoms. The Labute approximate surface area is 138 Å². The molecular formula is C16H23NO3S2. The highest BCUT2D eigenvalue weighted by atomic mass is 32.2. The van der Waals surface area contributed by atoms with Crippen molar-refractivity contribution in [2.24, 2.45) is 11.1 Å². The van der Waals surface area contributed by atoms with Gasteiger partial charge in [-0.15, -0.1) is 0 Å². The number of rotatable bonds is 7. The number of thiocarbonyl (C=S) groups is 1. The minimum absolute atomic E-state index is 0.223. The van der Waals surface area contributed by atoms with Crippen molar-refractivity contribution in [2.75, 3.05) is 19.5 Å². The first-order chi connectivity index (χ1) is 10.3. The summed E-state index contributed by atoms with van der Waals surface area (Å²) in [5.41, 5.74) is 7.32. The molecule has 2 N–H and O–H groups in total. The summed E-state index contributed by atoms with van der Waals surface area (Å²) in [6, 6.07) is 8.01. The van der Waals surface area contributed by atoms with Crippen LogP contribution in [0.1, 0.15) is 30.9 Å². The molecule has 0 radical (unpaired) electrons. The molecule has 1 saturated carbocycles. The first-order valence-electron chi connectivity index (χ1n) is 7.44. The largest absolute Gasteiger partial charge is 0.393 e. The second-order valence-corrected chi connectivity index (χ2v) is 8.47. The highest BCUT2D eigenvalue weighted by Gasteiger charge is 2.71. The van der Waals surface area contributed by atoms with E-state index in [0.29, 0.717) is 6.61 Å². The van der Waals surface area contributed by atoms with E-state index in [2.05, 4.69) is 6.92 Å². The number of hydrogen-bond donors (Lipinski definition) is 1. The second kappa shape index (κ2) is 6.26. The molecule has 1 aromatic rings. The Kier molecular flexibility index (Phi) is 4.94. The number of benzene rings is 1. The van der Waals surface area contributed by atoms with Crippen LogP contribution in [0.3, 0.4) is 0 Å². The minimum atomic E-state index is -3.27. The van der Waals surface area contributed by atoms with E-state index >= 15 is 0 Å². The third-order valence-corrected chi connectivity index (χ3v) is 6.46. The number of hydrogen-bond acceptors (Lipinski definition) is 4. The van der Waals surface area contributed by atoms with Gasteiger partial charge in [0.1, 0.15) is 0 Å². The zero-order valence-electron chi connectivity index (χ0n) is 13.2. The molecule has 0 aliphatic heterocycles. The Morgan fingerprint density at radius 3 is 2.32 bits per heavy atom. The predicted molar refractivity (Wildman–Crippen MR) is 92.9 cm³/mol. The van der Waals surface area contributed by atoms with E-state index < -0.39 is 20.5 Å². The fraction of sp³-hybridized carbons (Fsp3) is 0.562. The number of aryl methyl sites for hydroxylation is 1. The number of nitrogens with two attached hydrogens (primary N) is 1. The lowest BCUT2D eigenvalue weighted by molar-refractivity contribution is 0.121. The molecular weight excluding hydrogens is 318 g/mol. The highest BCUT2D eigenvalue weighted by molar-refractivity contribution is 7.92. The van der Waals surface area contributed by atoms with Gasteiger partial charge in [-0.3, -0.25) is 0 Å². The molecule has 0 aromatic heterocycles. The SMILES string of the molecule is CCOC[C@]1(C(N)=S)[C@H](c2ccc(CC)cc2)[C@H]1S(C)(=O)=O. The van der Waals surface area contributed by atoms with Gasteiger partial charge in [0.05, 0.1) is 22.3 Å². The first kappa shape index (κ1) is 17.4. The second-order valence-electron chi connectivity index (χ2n) is 5.86. The molecule has 1 aliphatic rings. The average Bonchev–Trinajstić information content (AvgIpc) is 3.16. The fourth-order valence-corrected chi connectivity index (χ4v) is 5.58. The van der Waals surface area contributed by atoms with Gasteiger partial charge in [-0.1, -0.05) is 43.4 Å². The minimum Gasteiger partial charge on any atom is -0.393 e. The van der Waals surface area contributed by atoms with Gasteiger partial charge in [0, 0.05) is 18.8 Å². The summed E-state index contributed by atoms with van der Waals surface area (Å²) >= 11 is 5.21. The fourth-order valence-electron chi connectivity index (χ4n) is 3.27. The Bertz CT molecular complexity index is 654. The maximum Gasteiger partial charge on any atom is 0.152 e. The Morgan fingerprint density at radius 2 is 1.91 bits per heavy atom. The Hall–Kier alpha value is -0.980. The van der Waals surface area contributed by atoms with E-state index in [9.17, 15) is 8.42 Å². The van der Waals surface area contributed by atoms with Crippen molar-refractivity contribution in [3.63, 3.8) is 0 Å². The standard InChI is InChI=1S/C16H23NO3S2/c1-4-11-6-8-12(9-7-11)13-14(22(3,18)19)16(13,15(17)21)10-20-5-2/h6-9,13-14H,4-5,10H2,1-3H3,(H2,17,21)/t13-,14-,16+/m1/s1. The monoisotopic (exact) mass is 341 g/mol. The van der Waals surface area contributed by atoms with Gasteiger partial charge in [0.2, 0.25) is 0 Å². The van der Waals surface area contributed by atoms with Gasteiger partial charge in [-0.2, -0.15) is 0 Å². The molecule has 0 unspecified atom stereocenters. The highest BCUT2D eigenvalue weighted by Crippen LogP contribution is 2.63. The van der Waals surface area contributed by atoms with Crippen LogP contribution in [-0.2, 0) is 21.0 Å². The summed E-state index contributed by atoms with van der Waals surface area (Å²) in [6.07, 6.45) is 2.19. The van der Waals surface area contributed by atoms with Crippen molar-refractivity contribution in [3.05, 3.63) is 35.4 Å². The normalized spacial score (nSPS) is 27.6. The van der Waals surface area contributed by atoms with E-state index in [1.54, 1.807) is 0 Å². The van der Waals surface area contributed by atoms with Crippen LogP contribution >= 0.6 is 12.2 Å². The van der Waals surface area contributed by atoms with E-state index in [1.165, 1.54) is 11.8 Å². The lowest BCUT2D eigenvalue weighted by Gasteiger charge is -2.16. The van der Waals surface area contributed by atoms with Gasteiger partial charge in [0.25, 0.3) is 0 Å². The molecule has 122 valence electrons. The Balaban J connectivity index is 2.43. The quantitative estimate of drug-likeness (QED) is 0.769.